The van der Waals surface area contributed by atoms with Crippen LogP contribution in [-0.4, -0.2) is 37.1 Å². The highest BCUT2D eigenvalue weighted by Crippen LogP contribution is 2.31. The summed E-state index contributed by atoms with van der Waals surface area (Å²) < 4.78 is 20.8. The van der Waals surface area contributed by atoms with Crippen molar-refractivity contribution in [3.8, 4) is 22.6 Å². The molecule has 0 heterocycles. The Morgan fingerprint density at radius 3 is 1.86 bits per heavy atom. The van der Waals surface area contributed by atoms with Crippen LogP contribution in [0.1, 0.15) is 36.7 Å². The fourth-order valence-electron chi connectivity index (χ4n) is 2.74. The number of ether oxygens (including phenoxy) is 4. The van der Waals surface area contributed by atoms with Gasteiger partial charge in [0.15, 0.2) is 0 Å². The second kappa shape index (κ2) is 12.3. The first kappa shape index (κ1) is 27.8. The molecule has 0 bridgehead atoms. The minimum absolute atomic E-state index is 0.108. The zero-order valence-electron chi connectivity index (χ0n) is 20.8. The van der Waals surface area contributed by atoms with Gasteiger partial charge in [-0.25, -0.2) is 19.2 Å². The lowest BCUT2D eigenvalue weighted by Crippen LogP contribution is -2.15. The van der Waals surface area contributed by atoms with E-state index in [4.69, 9.17) is 18.9 Å². The Morgan fingerprint density at radius 1 is 0.694 bits per heavy atom. The molecule has 0 unspecified atom stereocenters. The molecule has 0 aliphatic rings. The summed E-state index contributed by atoms with van der Waals surface area (Å²) in [5.41, 5.74) is 2.66. The number of hydrogen-bond donors (Lipinski definition) is 0. The molecule has 0 amide bonds. The van der Waals surface area contributed by atoms with E-state index in [9.17, 15) is 19.2 Å². The van der Waals surface area contributed by atoms with Crippen LogP contribution in [0.5, 0.6) is 11.5 Å². The van der Waals surface area contributed by atoms with Gasteiger partial charge in [0.25, 0.3) is 0 Å². The first-order valence-corrected chi connectivity index (χ1v) is 10.9. The van der Waals surface area contributed by atoms with Gasteiger partial charge in [-0.05, 0) is 74.7 Å². The molecule has 0 atom stereocenters. The highest BCUT2D eigenvalue weighted by Gasteiger charge is 2.16. The minimum atomic E-state index is -0.709. The number of aryl methyl sites for hydroxylation is 1. The number of hydrogen-bond acceptors (Lipinski definition) is 8. The van der Waals surface area contributed by atoms with Crippen molar-refractivity contribution >= 4 is 23.9 Å². The highest BCUT2D eigenvalue weighted by molar-refractivity contribution is 5.93. The number of carbonyl (C=O) groups is 4. The maximum absolute atomic E-state index is 12.7. The third-order valence-corrected chi connectivity index (χ3v) is 4.66. The molecule has 8 nitrogen and oxygen atoms in total. The van der Waals surface area contributed by atoms with Crippen molar-refractivity contribution in [3.63, 3.8) is 0 Å². The fraction of sp³-hybridized carbons (Fsp3) is 0.214. The van der Waals surface area contributed by atoms with Gasteiger partial charge in [0, 0.05) is 16.7 Å². The smallest absolute Gasteiger partial charge is 0.338 e. The van der Waals surface area contributed by atoms with E-state index < -0.39 is 23.9 Å². The zero-order valence-corrected chi connectivity index (χ0v) is 20.8. The van der Waals surface area contributed by atoms with E-state index in [-0.39, 0.29) is 41.2 Å². The fourth-order valence-corrected chi connectivity index (χ4v) is 2.74. The van der Waals surface area contributed by atoms with Crippen molar-refractivity contribution in [1.82, 2.24) is 0 Å². The van der Waals surface area contributed by atoms with Crippen LogP contribution < -0.4 is 9.47 Å². The first-order chi connectivity index (χ1) is 16.9. The summed E-state index contributed by atoms with van der Waals surface area (Å²) in [5.74, 6) is -2.03. The molecule has 0 N–H and O–H groups in total. The molecule has 2 aromatic rings. The third kappa shape index (κ3) is 7.80. The summed E-state index contributed by atoms with van der Waals surface area (Å²) >= 11 is 0. The summed E-state index contributed by atoms with van der Waals surface area (Å²) in [4.78, 5) is 48.1. The van der Waals surface area contributed by atoms with Crippen molar-refractivity contribution in [1.29, 1.82) is 0 Å². The maximum atomic E-state index is 12.7. The summed E-state index contributed by atoms with van der Waals surface area (Å²) in [7, 11) is 0. The normalized spacial score (nSPS) is 10.1. The molecule has 8 heteroatoms. The second-order valence-corrected chi connectivity index (χ2v) is 8.12. The second-order valence-electron chi connectivity index (χ2n) is 8.12. The number of rotatable bonds is 10. The Balaban J connectivity index is 2.33. The van der Waals surface area contributed by atoms with Gasteiger partial charge < -0.3 is 18.9 Å². The van der Waals surface area contributed by atoms with Crippen LogP contribution >= 0.6 is 0 Å². The molecule has 0 saturated heterocycles. The number of carbonyl (C=O) groups excluding carboxylic acids is 4. The SMILES string of the molecule is C=C(C)C(=O)OCCOC(=O)c1cc(OC(=O)C(=C)C)cc(-c2ccc(OC(=O)C(=C)C)c(C)c2)c1. The molecule has 0 spiro atoms. The Labute approximate surface area is 209 Å². The molecule has 188 valence electrons. The van der Waals surface area contributed by atoms with E-state index >= 15 is 0 Å². The molecule has 0 aliphatic heterocycles. The summed E-state index contributed by atoms with van der Waals surface area (Å²) in [6.45, 7) is 16.6. The summed E-state index contributed by atoms with van der Waals surface area (Å²) in [5, 5.41) is 0. The molecule has 0 saturated carbocycles. The number of esters is 4. The molecule has 2 rings (SSSR count). The van der Waals surface area contributed by atoms with Crippen molar-refractivity contribution in [2.24, 2.45) is 0 Å². The van der Waals surface area contributed by atoms with E-state index in [0.717, 1.165) is 0 Å². The van der Waals surface area contributed by atoms with E-state index in [1.165, 1.54) is 19.9 Å². The molecule has 0 fully saturated rings. The lowest BCUT2D eigenvalue weighted by Gasteiger charge is -2.13. The lowest BCUT2D eigenvalue weighted by molar-refractivity contribution is -0.140. The molecule has 2 aromatic carbocycles. The van der Waals surface area contributed by atoms with Gasteiger partial charge in [-0.3, -0.25) is 0 Å². The van der Waals surface area contributed by atoms with Gasteiger partial charge in [0.1, 0.15) is 24.7 Å². The Morgan fingerprint density at radius 2 is 1.28 bits per heavy atom. The average Bonchev–Trinajstić information content (AvgIpc) is 2.82. The molecule has 0 radical (unpaired) electrons. The van der Waals surface area contributed by atoms with Crippen molar-refractivity contribution in [2.75, 3.05) is 13.2 Å². The highest BCUT2D eigenvalue weighted by atomic mass is 16.6. The topological polar surface area (TPSA) is 105 Å². The Kier molecular flexibility index (Phi) is 9.50. The standard InChI is InChI=1S/C28H28O8/c1-16(2)25(29)33-10-11-34-28(32)22-13-21(14-23(15-22)35-26(30)17(3)4)20-8-9-24(19(7)12-20)36-27(31)18(5)6/h8-9,12-15H,1,3,5,10-11H2,2,4,6-7H3. The van der Waals surface area contributed by atoms with Gasteiger partial charge >= 0.3 is 23.9 Å². The van der Waals surface area contributed by atoms with Crippen molar-refractivity contribution in [2.45, 2.75) is 27.7 Å². The van der Waals surface area contributed by atoms with Crippen molar-refractivity contribution in [3.05, 3.63) is 84.0 Å². The van der Waals surface area contributed by atoms with Gasteiger partial charge in [-0.15, -0.1) is 0 Å². The number of benzene rings is 2. The average molecular weight is 493 g/mol. The predicted molar refractivity (Wildman–Crippen MR) is 134 cm³/mol. The van der Waals surface area contributed by atoms with Crippen LogP contribution in [0.3, 0.4) is 0 Å². The van der Waals surface area contributed by atoms with E-state index in [1.807, 2.05) is 0 Å². The predicted octanol–water partition coefficient (Wildman–Crippen LogP) is 4.90. The Bertz CT molecular complexity index is 1250. The summed E-state index contributed by atoms with van der Waals surface area (Å²) in [6.07, 6.45) is 0. The van der Waals surface area contributed by atoms with Gasteiger partial charge in [0.2, 0.25) is 0 Å². The Hall–Kier alpha value is -4.46. The summed E-state index contributed by atoms with van der Waals surface area (Å²) in [6, 6.07) is 9.58. The molecular formula is C28H28O8. The van der Waals surface area contributed by atoms with Crippen LogP contribution in [0.25, 0.3) is 11.1 Å². The van der Waals surface area contributed by atoms with Crippen LogP contribution in [0.4, 0.5) is 0 Å². The zero-order chi connectivity index (χ0) is 27.0. The van der Waals surface area contributed by atoms with E-state index in [2.05, 4.69) is 19.7 Å². The largest absolute Gasteiger partial charge is 0.459 e. The van der Waals surface area contributed by atoms with E-state index in [1.54, 1.807) is 44.2 Å². The van der Waals surface area contributed by atoms with Crippen molar-refractivity contribution < 1.29 is 38.1 Å². The van der Waals surface area contributed by atoms with Gasteiger partial charge in [0.05, 0.1) is 5.56 Å². The molecular weight excluding hydrogens is 464 g/mol. The molecule has 0 aliphatic carbocycles. The van der Waals surface area contributed by atoms with Crippen LogP contribution in [-0.2, 0) is 23.9 Å². The lowest BCUT2D eigenvalue weighted by atomic mass is 10.0. The van der Waals surface area contributed by atoms with Gasteiger partial charge in [-0.2, -0.15) is 0 Å². The van der Waals surface area contributed by atoms with E-state index in [0.29, 0.717) is 22.4 Å². The molecule has 36 heavy (non-hydrogen) atoms. The third-order valence-electron chi connectivity index (χ3n) is 4.66. The van der Waals surface area contributed by atoms with Crippen LogP contribution in [0.15, 0.2) is 72.9 Å². The maximum Gasteiger partial charge on any atom is 0.338 e. The minimum Gasteiger partial charge on any atom is -0.459 e. The first-order valence-electron chi connectivity index (χ1n) is 10.9. The van der Waals surface area contributed by atoms with Gasteiger partial charge in [-0.1, -0.05) is 25.8 Å². The van der Waals surface area contributed by atoms with Crippen LogP contribution in [0, 0.1) is 6.92 Å². The van der Waals surface area contributed by atoms with Crippen LogP contribution in [0.2, 0.25) is 0 Å². The molecule has 0 aromatic heterocycles. The quantitative estimate of drug-likeness (QED) is 0.200. The monoisotopic (exact) mass is 492 g/mol.